The lowest BCUT2D eigenvalue weighted by molar-refractivity contribution is 0.463. The fourth-order valence-corrected chi connectivity index (χ4v) is 4.43. The van der Waals surface area contributed by atoms with E-state index in [0.29, 0.717) is 23.8 Å². The molecule has 2 nitrogen and oxygen atoms in total. The van der Waals surface area contributed by atoms with Crippen molar-refractivity contribution in [2.24, 2.45) is 17.8 Å². The Bertz CT molecular complexity index is 627. The van der Waals surface area contributed by atoms with Gasteiger partial charge in [-0.15, -0.1) is 0 Å². The molecule has 0 spiro atoms. The smallest absolute Gasteiger partial charge is 0.0536 e. The third-order valence-corrected chi connectivity index (χ3v) is 4.98. The number of hydrogen-bond donors (Lipinski definition) is 2. The van der Waals surface area contributed by atoms with Gasteiger partial charge < -0.3 is 10.6 Å². The van der Waals surface area contributed by atoms with Gasteiger partial charge in [-0.25, -0.2) is 0 Å². The summed E-state index contributed by atoms with van der Waals surface area (Å²) in [5, 5.41) is 7.51. The second-order valence-electron chi connectivity index (χ2n) is 9.84. The van der Waals surface area contributed by atoms with E-state index >= 15 is 0 Å². The van der Waals surface area contributed by atoms with Crippen LogP contribution in [0.5, 0.6) is 0 Å². The monoisotopic (exact) mass is 356 g/mol. The van der Waals surface area contributed by atoms with Crippen LogP contribution >= 0.6 is 0 Å². The highest BCUT2D eigenvalue weighted by Gasteiger charge is 2.29. The van der Waals surface area contributed by atoms with Crippen LogP contribution in [0.25, 0.3) is 5.57 Å². The summed E-state index contributed by atoms with van der Waals surface area (Å²) in [6, 6.07) is 7.35. The van der Waals surface area contributed by atoms with Crippen molar-refractivity contribution in [3.05, 3.63) is 29.8 Å². The van der Waals surface area contributed by atoms with E-state index in [1.165, 1.54) is 28.9 Å². The van der Waals surface area contributed by atoms with Gasteiger partial charge in [0.2, 0.25) is 0 Å². The molecule has 0 aromatic heterocycles. The van der Waals surface area contributed by atoms with Crippen molar-refractivity contribution in [1.82, 2.24) is 0 Å². The van der Waals surface area contributed by atoms with Gasteiger partial charge in [-0.1, -0.05) is 47.6 Å². The first kappa shape index (κ1) is 20.9. The average Bonchev–Trinajstić information content (AvgIpc) is 2.45. The molecule has 1 aliphatic heterocycles. The van der Waals surface area contributed by atoms with Crippen molar-refractivity contribution in [1.29, 1.82) is 0 Å². The SMILES string of the molecule is CC(C)CC1=CC(C)(CC(C)C)Nc2ccc(NC(C)CC(C)C)cc21. The Balaban J connectivity index is 2.31. The summed E-state index contributed by atoms with van der Waals surface area (Å²) in [6.45, 7) is 18.4. The lowest BCUT2D eigenvalue weighted by Crippen LogP contribution is -2.37. The molecule has 2 atom stereocenters. The molecule has 1 aromatic rings. The molecule has 0 radical (unpaired) electrons. The van der Waals surface area contributed by atoms with Crippen LogP contribution in [0.3, 0.4) is 0 Å². The molecular weight excluding hydrogens is 316 g/mol. The second kappa shape index (κ2) is 8.50. The maximum Gasteiger partial charge on any atom is 0.0536 e. The Kier molecular flexibility index (Phi) is 6.82. The number of benzene rings is 1. The minimum Gasteiger partial charge on any atom is -0.383 e. The Hall–Kier alpha value is -1.44. The lowest BCUT2D eigenvalue weighted by atomic mass is 9.81. The van der Waals surface area contributed by atoms with Gasteiger partial charge in [-0.05, 0) is 74.6 Å². The molecule has 146 valence electrons. The molecule has 0 amide bonds. The summed E-state index contributed by atoms with van der Waals surface area (Å²) in [7, 11) is 0. The zero-order valence-corrected chi connectivity index (χ0v) is 18.2. The van der Waals surface area contributed by atoms with Gasteiger partial charge in [0.05, 0.1) is 5.54 Å². The highest BCUT2D eigenvalue weighted by Crippen LogP contribution is 2.40. The Labute approximate surface area is 161 Å². The van der Waals surface area contributed by atoms with Gasteiger partial charge in [0, 0.05) is 23.0 Å². The molecule has 0 saturated carbocycles. The first-order valence-corrected chi connectivity index (χ1v) is 10.5. The largest absolute Gasteiger partial charge is 0.383 e. The third kappa shape index (κ3) is 5.79. The second-order valence-corrected chi connectivity index (χ2v) is 9.84. The quantitative estimate of drug-likeness (QED) is 0.515. The first-order valence-electron chi connectivity index (χ1n) is 10.5. The van der Waals surface area contributed by atoms with Gasteiger partial charge in [0.25, 0.3) is 0 Å². The van der Waals surface area contributed by atoms with Crippen molar-refractivity contribution in [2.75, 3.05) is 10.6 Å². The first-order chi connectivity index (χ1) is 12.1. The Morgan fingerprint density at radius 3 is 2.23 bits per heavy atom. The number of fused-ring (bicyclic) bond motifs is 1. The van der Waals surface area contributed by atoms with Crippen LogP contribution in [-0.4, -0.2) is 11.6 Å². The molecule has 1 heterocycles. The number of nitrogens with one attached hydrogen (secondary N) is 2. The van der Waals surface area contributed by atoms with Crippen LogP contribution in [0.1, 0.15) is 80.2 Å². The highest BCUT2D eigenvalue weighted by molar-refractivity contribution is 5.83. The van der Waals surface area contributed by atoms with Crippen molar-refractivity contribution in [3.8, 4) is 0 Å². The summed E-state index contributed by atoms with van der Waals surface area (Å²) in [5.41, 5.74) is 5.44. The van der Waals surface area contributed by atoms with Crippen molar-refractivity contribution < 1.29 is 0 Å². The molecule has 2 heteroatoms. The fourth-order valence-electron chi connectivity index (χ4n) is 4.43. The van der Waals surface area contributed by atoms with E-state index in [0.717, 1.165) is 12.8 Å². The van der Waals surface area contributed by atoms with Gasteiger partial charge in [-0.3, -0.25) is 0 Å². The molecule has 0 saturated heterocycles. The van der Waals surface area contributed by atoms with Crippen molar-refractivity contribution in [2.45, 2.75) is 86.2 Å². The number of hydrogen-bond acceptors (Lipinski definition) is 2. The van der Waals surface area contributed by atoms with E-state index in [9.17, 15) is 0 Å². The third-order valence-electron chi connectivity index (χ3n) is 4.98. The maximum absolute atomic E-state index is 3.82. The van der Waals surface area contributed by atoms with E-state index in [1.54, 1.807) is 0 Å². The van der Waals surface area contributed by atoms with Crippen LogP contribution < -0.4 is 10.6 Å². The van der Waals surface area contributed by atoms with Crippen LogP contribution in [0.15, 0.2) is 24.3 Å². The van der Waals surface area contributed by atoms with E-state index in [2.05, 4.69) is 90.3 Å². The topological polar surface area (TPSA) is 24.1 Å². The molecule has 1 aromatic carbocycles. The zero-order valence-electron chi connectivity index (χ0n) is 18.2. The van der Waals surface area contributed by atoms with Crippen molar-refractivity contribution in [3.63, 3.8) is 0 Å². The van der Waals surface area contributed by atoms with Crippen molar-refractivity contribution >= 4 is 16.9 Å². The van der Waals surface area contributed by atoms with Crippen LogP contribution in [0, 0.1) is 17.8 Å². The summed E-state index contributed by atoms with van der Waals surface area (Å²) in [4.78, 5) is 0. The summed E-state index contributed by atoms with van der Waals surface area (Å²) in [6.07, 6.45) is 5.97. The lowest BCUT2D eigenvalue weighted by Gasteiger charge is -2.37. The summed E-state index contributed by atoms with van der Waals surface area (Å²) in [5.74, 6) is 2.04. The van der Waals surface area contributed by atoms with E-state index in [-0.39, 0.29) is 5.54 Å². The van der Waals surface area contributed by atoms with Gasteiger partial charge in [0.1, 0.15) is 0 Å². The molecule has 1 aliphatic rings. The van der Waals surface area contributed by atoms with Crippen LogP contribution in [0.2, 0.25) is 0 Å². The Morgan fingerprint density at radius 2 is 1.65 bits per heavy atom. The number of anilines is 2. The minimum atomic E-state index is 0.0469. The minimum absolute atomic E-state index is 0.0469. The van der Waals surface area contributed by atoms with E-state index < -0.39 is 0 Å². The predicted octanol–water partition coefficient (Wildman–Crippen LogP) is 7.19. The summed E-state index contributed by atoms with van der Waals surface area (Å²) >= 11 is 0. The van der Waals surface area contributed by atoms with E-state index in [1.807, 2.05) is 0 Å². The fraction of sp³-hybridized carbons (Fsp3) is 0.667. The molecule has 2 rings (SSSR count). The number of rotatable bonds is 8. The molecule has 0 aliphatic carbocycles. The van der Waals surface area contributed by atoms with E-state index in [4.69, 9.17) is 0 Å². The molecular formula is C24H40N2. The van der Waals surface area contributed by atoms with Gasteiger partial charge in [-0.2, -0.15) is 0 Å². The number of allylic oxidation sites excluding steroid dienone is 1. The summed E-state index contributed by atoms with van der Waals surface area (Å²) < 4.78 is 0. The average molecular weight is 357 g/mol. The standard InChI is InChI=1S/C24H40N2/c1-16(2)11-19(7)25-21-9-10-23-22(13-21)20(12-17(3)4)15-24(8,26-23)14-18(5)6/h9-10,13,15-19,25-26H,11-12,14H2,1-8H3. The zero-order chi connectivity index (χ0) is 19.5. The molecule has 0 fully saturated rings. The molecule has 2 unspecified atom stereocenters. The predicted molar refractivity (Wildman–Crippen MR) is 118 cm³/mol. The van der Waals surface area contributed by atoms with Crippen LogP contribution in [-0.2, 0) is 0 Å². The normalized spacial score (nSPS) is 20.8. The molecule has 2 N–H and O–H groups in total. The maximum atomic E-state index is 3.82. The van der Waals surface area contributed by atoms with Gasteiger partial charge in [0.15, 0.2) is 0 Å². The molecule has 26 heavy (non-hydrogen) atoms. The Morgan fingerprint density at radius 1 is 0.962 bits per heavy atom. The highest BCUT2D eigenvalue weighted by atomic mass is 15.0. The van der Waals surface area contributed by atoms with Gasteiger partial charge >= 0.3 is 0 Å². The molecule has 0 bridgehead atoms. The van der Waals surface area contributed by atoms with Crippen LogP contribution in [0.4, 0.5) is 11.4 Å².